The van der Waals surface area contributed by atoms with E-state index in [-0.39, 0.29) is 36.6 Å². The first kappa shape index (κ1) is 20.6. The fourth-order valence-corrected chi connectivity index (χ4v) is 2.85. The maximum atomic E-state index is 13.2. The average molecular weight is 370 g/mol. The summed E-state index contributed by atoms with van der Waals surface area (Å²) in [7, 11) is 0. The first-order valence-corrected chi connectivity index (χ1v) is 9.16. The molecule has 0 aliphatic heterocycles. The zero-order chi connectivity index (χ0) is 20.0. The number of hydrogen-bond donors (Lipinski definition) is 1. The van der Waals surface area contributed by atoms with E-state index in [4.69, 9.17) is 0 Å². The number of nitrogens with zero attached hydrogens (tertiary/aromatic N) is 1. The minimum absolute atomic E-state index is 0.0147. The molecule has 144 valence electrons. The molecule has 0 radical (unpaired) electrons. The average Bonchev–Trinajstić information content (AvgIpc) is 2.62. The smallest absolute Gasteiger partial charge is 0.242 e. The van der Waals surface area contributed by atoms with E-state index < -0.39 is 6.04 Å². The van der Waals surface area contributed by atoms with E-state index in [1.807, 2.05) is 45.0 Å². The molecule has 0 spiro atoms. The van der Waals surface area contributed by atoms with Crippen molar-refractivity contribution in [1.82, 2.24) is 10.2 Å². The first-order valence-electron chi connectivity index (χ1n) is 9.16. The van der Waals surface area contributed by atoms with Gasteiger partial charge in [0.2, 0.25) is 11.8 Å². The summed E-state index contributed by atoms with van der Waals surface area (Å²) in [5.41, 5.74) is 2.74. The maximum absolute atomic E-state index is 13.2. The minimum Gasteiger partial charge on any atom is -0.352 e. The van der Waals surface area contributed by atoms with Crippen LogP contribution < -0.4 is 5.32 Å². The van der Waals surface area contributed by atoms with Crippen LogP contribution in [0.25, 0.3) is 0 Å². The molecule has 2 rings (SSSR count). The fraction of sp³-hybridized carbons (Fsp3) is 0.364. The summed E-state index contributed by atoms with van der Waals surface area (Å²) in [5, 5.41) is 2.86. The van der Waals surface area contributed by atoms with Crippen molar-refractivity contribution in [3.05, 3.63) is 71.0 Å². The van der Waals surface area contributed by atoms with Crippen LogP contribution in [0.2, 0.25) is 0 Å². The van der Waals surface area contributed by atoms with E-state index in [2.05, 4.69) is 5.32 Å². The van der Waals surface area contributed by atoms with Crippen LogP contribution in [-0.2, 0) is 22.6 Å². The molecule has 0 bridgehead atoms. The van der Waals surface area contributed by atoms with Crippen LogP contribution in [0.3, 0.4) is 0 Å². The summed E-state index contributed by atoms with van der Waals surface area (Å²) in [5.74, 6) is -0.674. The summed E-state index contributed by atoms with van der Waals surface area (Å²) >= 11 is 0. The number of benzene rings is 2. The van der Waals surface area contributed by atoms with Gasteiger partial charge in [0.05, 0.1) is 6.42 Å². The van der Waals surface area contributed by atoms with Crippen LogP contribution in [0.5, 0.6) is 0 Å². The van der Waals surface area contributed by atoms with E-state index in [0.29, 0.717) is 0 Å². The number of carbonyl (C=O) groups is 2. The topological polar surface area (TPSA) is 49.4 Å². The maximum Gasteiger partial charge on any atom is 0.242 e. The molecule has 0 saturated carbocycles. The van der Waals surface area contributed by atoms with Crippen molar-refractivity contribution in [3.8, 4) is 0 Å². The lowest BCUT2D eigenvalue weighted by Gasteiger charge is -2.29. The molecule has 4 nitrogen and oxygen atoms in total. The molecule has 27 heavy (non-hydrogen) atoms. The van der Waals surface area contributed by atoms with Gasteiger partial charge in [-0.05, 0) is 56.5 Å². The van der Waals surface area contributed by atoms with Gasteiger partial charge in [-0.15, -0.1) is 0 Å². The molecule has 0 aromatic heterocycles. The van der Waals surface area contributed by atoms with Crippen molar-refractivity contribution in [2.45, 2.75) is 52.7 Å². The summed E-state index contributed by atoms with van der Waals surface area (Å²) < 4.78 is 13.2. The Balaban J connectivity index is 2.24. The summed E-state index contributed by atoms with van der Waals surface area (Å²) in [6.45, 7) is 7.69. The van der Waals surface area contributed by atoms with Gasteiger partial charge in [0.15, 0.2) is 0 Å². The molecular weight excluding hydrogens is 343 g/mol. The fourth-order valence-electron chi connectivity index (χ4n) is 2.85. The van der Waals surface area contributed by atoms with Gasteiger partial charge in [-0.25, -0.2) is 4.39 Å². The lowest BCUT2D eigenvalue weighted by molar-refractivity contribution is -0.140. The van der Waals surface area contributed by atoms with Gasteiger partial charge in [0, 0.05) is 12.6 Å². The zero-order valence-electron chi connectivity index (χ0n) is 16.3. The molecule has 2 amide bonds. The number of carbonyl (C=O) groups excluding carboxylic acids is 2. The van der Waals surface area contributed by atoms with Crippen molar-refractivity contribution >= 4 is 11.8 Å². The second-order valence-corrected chi connectivity index (χ2v) is 7.09. The lowest BCUT2D eigenvalue weighted by Crippen LogP contribution is -2.49. The highest BCUT2D eigenvalue weighted by Crippen LogP contribution is 2.15. The number of aryl methyl sites for hydroxylation is 1. The molecule has 2 aromatic rings. The van der Waals surface area contributed by atoms with Crippen LogP contribution in [-0.4, -0.2) is 28.8 Å². The second kappa shape index (κ2) is 9.31. The Kier molecular flexibility index (Phi) is 7.11. The van der Waals surface area contributed by atoms with E-state index in [1.165, 1.54) is 12.1 Å². The van der Waals surface area contributed by atoms with E-state index in [0.717, 1.165) is 16.7 Å². The summed E-state index contributed by atoms with van der Waals surface area (Å²) in [6, 6.07) is 13.0. The second-order valence-electron chi connectivity index (χ2n) is 7.09. The van der Waals surface area contributed by atoms with Gasteiger partial charge in [0.25, 0.3) is 0 Å². The number of hydrogen-bond acceptors (Lipinski definition) is 2. The summed E-state index contributed by atoms with van der Waals surface area (Å²) in [6.07, 6.45) is 0.215. The Morgan fingerprint density at radius 2 is 1.67 bits per heavy atom. The molecule has 0 aliphatic rings. The molecule has 1 unspecified atom stereocenters. The molecule has 0 heterocycles. The van der Waals surface area contributed by atoms with Crippen LogP contribution in [0, 0.1) is 12.7 Å². The molecule has 5 heteroatoms. The van der Waals surface area contributed by atoms with Gasteiger partial charge in [0.1, 0.15) is 11.9 Å². The molecule has 1 N–H and O–H groups in total. The molecule has 0 saturated heterocycles. The predicted molar refractivity (Wildman–Crippen MR) is 105 cm³/mol. The van der Waals surface area contributed by atoms with Crippen molar-refractivity contribution in [2.75, 3.05) is 0 Å². The molecular formula is C22H27FN2O2. The number of rotatable bonds is 7. The van der Waals surface area contributed by atoms with Crippen molar-refractivity contribution in [1.29, 1.82) is 0 Å². The van der Waals surface area contributed by atoms with Crippen molar-refractivity contribution in [3.63, 3.8) is 0 Å². The largest absolute Gasteiger partial charge is 0.352 e. The third kappa shape index (κ3) is 5.91. The van der Waals surface area contributed by atoms with E-state index in [9.17, 15) is 14.0 Å². The van der Waals surface area contributed by atoms with Gasteiger partial charge in [-0.2, -0.15) is 0 Å². The number of halogens is 1. The van der Waals surface area contributed by atoms with Crippen LogP contribution >= 0.6 is 0 Å². The van der Waals surface area contributed by atoms with Gasteiger partial charge in [-0.3, -0.25) is 9.59 Å². The van der Waals surface area contributed by atoms with Gasteiger partial charge in [-0.1, -0.05) is 36.4 Å². The van der Waals surface area contributed by atoms with Crippen molar-refractivity contribution in [2.24, 2.45) is 0 Å². The van der Waals surface area contributed by atoms with Crippen LogP contribution in [0.1, 0.15) is 37.5 Å². The van der Waals surface area contributed by atoms with Crippen LogP contribution in [0.4, 0.5) is 4.39 Å². The van der Waals surface area contributed by atoms with Crippen molar-refractivity contribution < 1.29 is 14.0 Å². The monoisotopic (exact) mass is 370 g/mol. The molecule has 0 aliphatic carbocycles. The first-order chi connectivity index (χ1) is 12.8. The van der Waals surface area contributed by atoms with E-state index in [1.54, 1.807) is 24.0 Å². The Morgan fingerprint density at radius 1 is 1.04 bits per heavy atom. The van der Waals surface area contributed by atoms with E-state index >= 15 is 0 Å². The molecule has 2 aromatic carbocycles. The Morgan fingerprint density at radius 3 is 2.26 bits per heavy atom. The zero-order valence-corrected chi connectivity index (χ0v) is 16.3. The SMILES string of the molecule is Cc1ccccc1CC(=O)N(Cc1ccc(F)cc1)C(C)C(=O)NC(C)C. The molecule has 0 fully saturated rings. The van der Waals surface area contributed by atoms with Gasteiger partial charge >= 0.3 is 0 Å². The quantitative estimate of drug-likeness (QED) is 0.809. The highest BCUT2D eigenvalue weighted by molar-refractivity contribution is 5.88. The Bertz CT molecular complexity index is 787. The third-order valence-electron chi connectivity index (χ3n) is 4.47. The number of amides is 2. The normalized spacial score (nSPS) is 11.9. The number of nitrogens with one attached hydrogen (secondary N) is 1. The molecule has 1 atom stereocenters. The summed E-state index contributed by atoms with van der Waals surface area (Å²) in [4.78, 5) is 27.1. The Hall–Kier alpha value is -2.69. The lowest BCUT2D eigenvalue weighted by atomic mass is 10.0. The Labute approximate surface area is 160 Å². The highest BCUT2D eigenvalue weighted by atomic mass is 19.1. The minimum atomic E-state index is -0.631. The van der Waals surface area contributed by atoms with Crippen LogP contribution in [0.15, 0.2) is 48.5 Å². The third-order valence-corrected chi connectivity index (χ3v) is 4.47. The predicted octanol–water partition coefficient (Wildman–Crippen LogP) is 3.62. The van der Waals surface area contributed by atoms with Gasteiger partial charge < -0.3 is 10.2 Å². The highest BCUT2D eigenvalue weighted by Gasteiger charge is 2.26. The standard InChI is InChI=1S/C22H27FN2O2/c1-15(2)24-22(27)17(4)25(14-18-9-11-20(23)12-10-18)21(26)13-19-8-6-5-7-16(19)3/h5-12,15,17H,13-14H2,1-4H3,(H,24,27).